The van der Waals surface area contributed by atoms with E-state index in [0.717, 1.165) is 19.3 Å². The molecule has 0 aliphatic carbocycles. The Balaban J connectivity index is 4.39. The van der Waals surface area contributed by atoms with Crippen molar-refractivity contribution in [1.82, 2.24) is 0 Å². The predicted molar refractivity (Wildman–Crippen MR) is 104 cm³/mol. The standard InChI is InChI=1S/C22H43O2/c1-5-8-10-12-14-16-18-22(7-3,20(4)21(23)24)19-17-15-13-11-9-6-2/h20H,5-19H2,1-4H3. The average Bonchev–Trinajstić information content (AvgIpc) is 2.58. The van der Waals surface area contributed by atoms with E-state index in [1.807, 2.05) is 6.92 Å². The third-order valence-corrected chi connectivity index (χ3v) is 6.03. The van der Waals surface area contributed by atoms with E-state index in [1.54, 1.807) is 0 Å². The van der Waals surface area contributed by atoms with Gasteiger partial charge in [0.15, 0.2) is 0 Å². The van der Waals surface area contributed by atoms with Crippen LogP contribution >= 0.6 is 0 Å². The zero-order chi connectivity index (χ0) is 18.3. The van der Waals surface area contributed by atoms with Gasteiger partial charge in [-0.05, 0) is 24.7 Å². The molecule has 0 aliphatic heterocycles. The van der Waals surface area contributed by atoms with Crippen molar-refractivity contribution in [2.75, 3.05) is 0 Å². The van der Waals surface area contributed by atoms with E-state index in [2.05, 4.69) is 20.8 Å². The molecule has 143 valence electrons. The maximum Gasteiger partial charge on any atom is 0.358 e. The van der Waals surface area contributed by atoms with Gasteiger partial charge >= 0.3 is 5.97 Å². The molecule has 2 heteroatoms. The SMILES string of the molecule is CCCCCCCCC(CC)(CCCCCCCC)C(C)C([O])=O. The zero-order valence-corrected chi connectivity index (χ0v) is 17.0. The minimum absolute atomic E-state index is 0.0473. The minimum Gasteiger partial charge on any atom is -0.247 e. The monoisotopic (exact) mass is 339 g/mol. The van der Waals surface area contributed by atoms with Crippen molar-refractivity contribution in [3.05, 3.63) is 0 Å². The van der Waals surface area contributed by atoms with Gasteiger partial charge in [-0.1, -0.05) is 105 Å². The first kappa shape index (κ1) is 23.5. The van der Waals surface area contributed by atoms with Gasteiger partial charge in [0.2, 0.25) is 0 Å². The maximum atomic E-state index is 11.5. The topological polar surface area (TPSA) is 37.0 Å². The van der Waals surface area contributed by atoms with Gasteiger partial charge in [0, 0.05) is 0 Å². The van der Waals surface area contributed by atoms with E-state index < -0.39 is 5.97 Å². The van der Waals surface area contributed by atoms with Gasteiger partial charge in [-0.25, -0.2) is 9.90 Å². The van der Waals surface area contributed by atoms with Gasteiger partial charge < -0.3 is 0 Å². The molecule has 0 amide bonds. The summed E-state index contributed by atoms with van der Waals surface area (Å²) in [7, 11) is 0. The molecule has 24 heavy (non-hydrogen) atoms. The molecular formula is C22H43O2. The lowest BCUT2D eigenvalue weighted by Crippen LogP contribution is -2.33. The fourth-order valence-corrected chi connectivity index (χ4v) is 3.98. The van der Waals surface area contributed by atoms with Crippen LogP contribution in [0.1, 0.15) is 124 Å². The highest BCUT2D eigenvalue weighted by molar-refractivity contribution is 5.70. The quantitative estimate of drug-likeness (QED) is 0.253. The fraction of sp³-hybridized carbons (Fsp3) is 0.955. The number of unbranched alkanes of at least 4 members (excludes halogenated alkanes) is 10. The number of hydrogen-bond donors (Lipinski definition) is 0. The van der Waals surface area contributed by atoms with Crippen LogP contribution in [0.3, 0.4) is 0 Å². The third-order valence-electron chi connectivity index (χ3n) is 6.03. The highest BCUT2D eigenvalue weighted by Gasteiger charge is 2.38. The van der Waals surface area contributed by atoms with Gasteiger partial charge in [0.25, 0.3) is 0 Å². The van der Waals surface area contributed by atoms with Crippen LogP contribution < -0.4 is 0 Å². The largest absolute Gasteiger partial charge is 0.358 e. The van der Waals surface area contributed by atoms with Crippen molar-refractivity contribution in [2.24, 2.45) is 11.3 Å². The Hall–Kier alpha value is -0.530. The van der Waals surface area contributed by atoms with Crippen molar-refractivity contribution in [3.63, 3.8) is 0 Å². The Labute approximate surface area is 151 Å². The molecule has 1 unspecified atom stereocenters. The van der Waals surface area contributed by atoms with Crippen LogP contribution in [0.25, 0.3) is 0 Å². The molecule has 0 saturated carbocycles. The van der Waals surface area contributed by atoms with E-state index in [-0.39, 0.29) is 11.3 Å². The lowest BCUT2D eigenvalue weighted by molar-refractivity contribution is -0.153. The predicted octanol–water partition coefficient (Wildman–Crippen LogP) is 7.48. The Morgan fingerprint density at radius 3 is 1.42 bits per heavy atom. The summed E-state index contributed by atoms with van der Waals surface area (Å²) in [4.78, 5) is 11.5. The summed E-state index contributed by atoms with van der Waals surface area (Å²) < 4.78 is 0. The highest BCUT2D eigenvalue weighted by atomic mass is 16.4. The van der Waals surface area contributed by atoms with Crippen LogP contribution in [0.2, 0.25) is 0 Å². The van der Waals surface area contributed by atoms with Gasteiger partial charge in [0.05, 0.1) is 5.92 Å². The second-order valence-corrected chi connectivity index (χ2v) is 7.79. The van der Waals surface area contributed by atoms with E-state index in [0.29, 0.717) is 0 Å². The summed E-state index contributed by atoms with van der Waals surface area (Å²) in [6.45, 7) is 8.54. The molecule has 0 bridgehead atoms. The van der Waals surface area contributed by atoms with Gasteiger partial charge in [0.1, 0.15) is 0 Å². The molecule has 0 aromatic carbocycles. The highest BCUT2D eigenvalue weighted by Crippen LogP contribution is 2.42. The average molecular weight is 340 g/mol. The van der Waals surface area contributed by atoms with E-state index in [1.165, 1.54) is 77.0 Å². The summed E-state index contributed by atoms with van der Waals surface area (Å²) in [5.41, 5.74) is -0.0473. The summed E-state index contributed by atoms with van der Waals surface area (Å²) in [6.07, 6.45) is 18.4. The first-order chi connectivity index (χ1) is 11.5. The second-order valence-electron chi connectivity index (χ2n) is 7.79. The van der Waals surface area contributed by atoms with Gasteiger partial charge in [-0.2, -0.15) is 0 Å². The Bertz CT molecular complexity index is 282. The second kappa shape index (κ2) is 14.8. The van der Waals surface area contributed by atoms with Crippen LogP contribution in [-0.4, -0.2) is 5.97 Å². The molecule has 0 heterocycles. The summed E-state index contributed by atoms with van der Waals surface area (Å²) in [6, 6.07) is 0. The van der Waals surface area contributed by atoms with Crippen LogP contribution in [0, 0.1) is 11.3 Å². The van der Waals surface area contributed by atoms with Crippen molar-refractivity contribution < 1.29 is 9.90 Å². The lowest BCUT2D eigenvalue weighted by Gasteiger charge is -2.36. The number of carbonyl (C=O) groups excluding carboxylic acids is 1. The molecule has 0 rings (SSSR count). The van der Waals surface area contributed by atoms with Gasteiger partial charge in [-0.3, -0.25) is 0 Å². The summed E-state index contributed by atoms with van der Waals surface area (Å²) in [5, 5.41) is 11.5. The maximum absolute atomic E-state index is 11.5. The van der Waals surface area contributed by atoms with Crippen LogP contribution in [-0.2, 0) is 9.90 Å². The molecule has 0 saturated heterocycles. The summed E-state index contributed by atoms with van der Waals surface area (Å²) >= 11 is 0. The van der Waals surface area contributed by atoms with Crippen molar-refractivity contribution in [3.8, 4) is 0 Å². The normalized spacial score (nSPS) is 13.2. The number of carbonyl (C=O) groups is 1. The van der Waals surface area contributed by atoms with Crippen molar-refractivity contribution in [2.45, 2.75) is 124 Å². The first-order valence-corrected chi connectivity index (χ1v) is 10.7. The molecule has 1 atom stereocenters. The van der Waals surface area contributed by atoms with E-state index in [9.17, 15) is 9.90 Å². The van der Waals surface area contributed by atoms with E-state index >= 15 is 0 Å². The fourth-order valence-electron chi connectivity index (χ4n) is 3.98. The molecular weight excluding hydrogens is 296 g/mol. The Morgan fingerprint density at radius 2 is 1.08 bits per heavy atom. The lowest BCUT2D eigenvalue weighted by atomic mass is 9.67. The number of rotatable bonds is 17. The molecule has 0 aromatic rings. The molecule has 2 nitrogen and oxygen atoms in total. The molecule has 0 aromatic heterocycles. The van der Waals surface area contributed by atoms with Crippen LogP contribution in [0.4, 0.5) is 0 Å². The molecule has 0 fully saturated rings. The Kier molecular flexibility index (Phi) is 14.5. The van der Waals surface area contributed by atoms with Crippen molar-refractivity contribution in [1.29, 1.82) is 0 Å². The Morgan fingerprint density at radius 1 is 0.708 bits per heavy atom. The first-order valence-electron chi connectivity index (χ1n) is 10.7. The smallest absolute Gasteiger partial charge is 0.247 e. The molecule has 1 radical (unpaired) electrons. The number of hydrogen-bond acceptors (Lipinski definition) is 1. The third kappa shape index (κ3) is 9.69. The molecule has 0 aliphatic rings. The molecule has 0 spiro atoms. The zero-order valence-electron chi connectivity index (χ0n) is 17.0. The summed E-state index contributed by atoms with van der Waals surface area (Å²) in [5.74, 6) is -1.18. The van der Waals surface area contributed by atoms with Crippen LogP contribution in [0.5, 0.6) is 0 Å². The van der Waals surface area contributed by atoms with Crippen molar-refractivity contribution >= 4 is 5.97 Å². The van der Waals surface area contributed by atoms with Crippen LogP contribution in [0.15, 0.2) is 0 Å². The van der Waals surface area contributed by atoms with E-state index in [4.69, 9.17) is 0 Å². The minimum atomic E-state index is -0.853. The van der Waals surface area contributed by atoms with Gasteiger partial charge in [-0.15, -0.1) is 0 Å². The molecule has 0 N–H and O–H groups in total.